The number of nitrogen functional groups attached to an aromatic ring is 1. The fourth-order valence-corrected chi connectivity index (χ4v) is 3.58. The Bertz CT molecular complexity index is 583. The molecule has 1 atom stereocenters. The number of rotatable bonds is 4. The Kier molecular flexibility index (Phi) is 4.36. The van der Waals surface area contributed by atoms with Crippen LogP contribution in [-0.2, 0) is 0 Å². The van der Waals surface area contributed by atoms with E-state index < -0.39 is 0 Å². The largest absolute Gasteiger partial charge is 0.382 e. The fourth-order valence-electron chi connectivity index (χ4n) is 2.83. The number of aromatic nitrogens is 2. The first-order chi connectivity index (χ1) is 10.3. The van der Waals surface area contributed by atoms with E-state index in [1.165, 1.54) is 37.3 Å². The van der Waals surface area contributed by atoms with Gasteiger partial charge in [0.25, 0.3) is 0 Å². The molecule has 1 fully saturated rings. The monoisotopic (exact) mass is 303 g/mol. The van der Waals surface area contributed by atoms with Gasteiger partial charge in [0.05, 0.1) is 5.56 Å². The number of hydrogen-bond donors (Lipinski definition) is 2. The van der Waals surface area contributed by atoms with Crippen LogP contribution in [0.1, 0.15) is 19.3 Å². The van der Waals surface area contributed by atoms with E-state index in [0.717, 1.165) is 22.7 Å². The summed E-state index contributed by atoms with van der Waals surface area (Å²) in [6.45, 7) is 2.13. The SMILES string of the molecule is CN1CCCCC1CNc1snc(N)c1-c1ccncc1. The topological polar surface area (TPSA) is 67.1 Å². The summed E-state index contributed by atoms with van der Waals surface area (Å²) in [5, 5.41) is 4.60. The lowest BCUT2D eigenvalue weighted by Crippen LogP contribution is -2.40. The predicted octanol–water partition coefficient (Wildman–Crippen LogP) is 2.68. The number of nitrogens with zero attached hydrogens (tertiary/aromatic N) is 3. The molecule has 1 saturated heterocycles. The summed E-state index contributed by atoms with van der Waals surface area (Å²) in [5.74, 6) is 0.589. The zero-order valence-corrected chi connectivity index (χ0v) is 13.1. The van der Waals surface area contributed by atoms with Crippen molar-refractivity contribution in [2.75, 3.05) is 31.2 Å². The van der Waals surface area contributed by atoms with E-state index in [9.17, 15) is 0 Å². The van der Waals surface area contributed by atoms with Crippen LogP contribution in [0.15, 0.2) is 24.5 Å². The highest BCUT2D eigenvalue weighted by Crippen LogP contribution is 2.36. The summed E-state index contributed by atoms with van der Waals surface area (Å²) in [6, 6.07) is 4.53. The third-order valence-corrected chi connectivity index (χ3v) is 4.93. The smallest absolute Gasteiger partial charge is 0.147 e. The minimum absolute atomic E-state index is 0.589. The maximum absolute atomic E-state index is 6.04. The Morgan fingerprint density at radius 3 is 2.95 bits per heavy atom. The molecule has 0 spiro atoms. The lowest BCUT2D eigenvalue weighted by molar-refractivity contribution is 0.195. The second-order valence-corrected chi connectivity index (χ2v) is 6.29. The van der Waals surface area contributed by atoms with Gasteiger partial charge in [0, 0.05) is 25.0 Å². The van der Waals surface area contributed by atoms with E-state index in [2.05, 4.69) is 26.6 Å². The van der Waals surface area contributed by atoms with Crippen LogP contribution in [0.5, 0.6) is 0 Å². The van der Waals surface area contributed by atoms with Gasteiger partial charge < -0.3 is 16.0 Å². The number of pyridine rings is 1. The molecular weight excluding hydrogens is 282 g/mol. The number of hydrogen-bond acceptors (Lipinski definition) is 6. The molecule has 112 valence electrons. The summed E-state index contributed by atoms with van der Waals surface area (Å²) in [7, 11) is 2.20. The molecule has 0 bridgehead atoms. The van der Waals surface area contributed by atoms with Gasteiger partial charge in [-0.25, -0.2) is 0 Å². The Hall–Kier alpha value is -1.66. The molecule has 0 saturated carbocycles. The average Bonchev–Trinajstić information content (AvgIpc) is 2.88. The summed E-state index contributed by atoms with van der Waals surface area (Å²) in [6.07, 6.45) is 7.44. The van der Waals surface area contributed by atoms with Crippen LogP contribution in [0, 0.1) is 0 Å². The highest BCUT2D eigenvalue weighted by molar-refractivity contribution is 7.11. The van der Waals surface area contributed by atoms with Gasteiger partial charge in [0.2, 0.25) is 0 Å². The maximum atomic E-state index is 6.04. The van der Waals surface area contributed by atoms with Gasteiger partial charge in [-0.1, -0.05) is 6.42 Å². The molecule has 6 heteroatoms. The molecule has 1 aliphatic heterocycles. The zero-order chi connectivity index (χ0) is 14.7. The van der Waals surface area contributed by atoms with E-state index in [1.807, 2.05) is 12.1 Å². The molecule has 1 aliphatic rings. The van der Waals surface area contributed by atoms with Crippen LogP contribution in [0.4, 0.5) is 10.8 Å². The Balaban J connectivity index is 1.74. The molecule has 2 aromatic rings. The lowest BCUT2D eigenvalue weighted by atomic mass is 10.0. The number of anilines is 2. The van der Waals surface area contributed by atoms with Gasteiger partial charge >= 0.3 is 0 Å². The van der Waals surface area contributed by atoms with Gasteiger partial charge in [0.1, 0.15) is 10.8 Å². The van der Waals surface area contributed by atoms with Crippen molar-refractivity contribution in [3.8, 4) is 11.1 Å². The lowest BCUT2D eigenvalue weighted by Gasteiger charge is -2.32. The van der Waals surface area contributed by atoms with Crippen LogP contribution in [0.3, 0.4) is 0 Å². The number of likely N-dealkylation sites (N-methyl/N-ethyl adjacent to an activating group) is 1. The van der Waals surface area contributed by atoms with Crippen molar-refractivity contribution in [1.29, 1.82) is 0 Å². The van der Waals surface area contributed by atoms with Gasteiger partial charge in [-0.3, -0.25) is 4.98 Å². The second-order valence-electron chi connectivity index (χ2n) is 5.52. The molecule has 5 nitrogen and oxygen atoms in total. The molecule has 0 aliphatic carbocycles. The first-order valence-electron chi connectivity index (χ1n) is 7.35. The van der Waals surface area contributed by atoms with Crippen molar-refractivity contribution in [3.63, 3.8) is 0 Å². The number of piperidine rings is 1. The molecule has 3 heterocycles. The molecule has 21 heavy (non-hydrogen) atoms. The molecule has 1 unspecified atom stereocenters. The molecular formula is C15H21N5S. The van der Waals surface area contributed by atoms with Crippen molar-refractivity contribution >= 4 is 22.4 Å². The zero-order valence-electron chi connectivity index (χ0n) is 12.2. The standard InChI is InChI=1S/C15H21N5S/c1-20-9-3-2-4-12(20)10-18-15-13(14(16)19-21-15)11-5-7-17-8-6-11/h5-8,12,18H,2-4,9-10H2,1H3,(H2,16,19). The average molecular weight is 303 g/mol. The minimum Gasteiger partial charge on any atom is -0.382 e. The molecule has 0 amide bonds. The van der Waals surface area contributed by atoms with E-state index in [1.54, 1.807) is 12.4 Å². The highest BCUT2D eigenvalue weighted by atomic mass is 32.1. The van der Waals surface area contributed by atoms with E-state index in [0.29, 0.717) is 11.9 Å². The first-order valence-corrected chi connectivity index (χ1v) is 8.12. The van der Waals surface area contributed by atoms with E-state index >= 15 is 0 Å². The Labute approximate surface area is 129 Å². The Morgan fingerprint density at radius 1 is 1.38 bits per heavy atom. The quantitative estimate of drug-likeness (QED) is 0.909. The summed E-state index contributed by atoms with van der Waals surface area (Å²) < 4.78 is 4.30. The molecule has 2 aromatic heterocycles. The first kappa shape index (κ1) is 14.3. The van der Waals surface area contributed by atoms with Gasteiger partial charge in [-0.15, -0.1) is 0 Å². The van der Waals surface area contributed by atoms with Gasteiger partial charge in [0.15, 0.2) is 0 Å². The van der Waals surface area contributed by atoms with Crippen molar-refractivity contribution in [3.05, 3.63) is 24.5 Å². The van der Waals surface area contributed by atoms with Crippen LogP contribution in [0.2, 0.25) is 0 Å². The normalized spacial score (nSPS) is 19.6. The predicted molar refractivity (Wildman–Crippen MR) is 88.5 cm³/mol. The van der Waals surface area contributed by atoms with Gasteiger partial charge in [-0.05, 0) is 55.7 Å². The molecule has 0 radical (unpaired) electrons. The Morgan fingerprint density at radius 2 is 2.19 bits per heavy atom. The summed E-state index contributed by atoms with van der Waals surface area (Å²) >= 11 is 1.44. The van der Waals surface area contributed by atoms with Gasteiger partial charge in [-0.2, -0.15) is 4.37 Å². The molecule has 0 aromatic carbocycles. The number of nitrogens with two attached hydrogens (primary N) is 1. The molecule has 3 N–H and O–H groups in total. The van der Waals surface area contributed by atoms with Crippen molar-refractivity contribution in [2.24, 2.45) is 0 Å². The summed E-state index contributed by atoms with van der Waals surface area (Å²) in [4.78, 5) is 6.50. The minimum atomic E-state index is 0.589. The highest BCUT2D eigenvalue weighted by Gasteiger charge is 2.20. The van der Waals surface area contributed by atoms with Crippen molar-refractivity contribution < 1.29 is 0 Å². The second kappa shape index (κ2) is 6.41. The van der Waals surface area contributed by atoms with Crippen LogP contribution >= 0.6 is 11.5 Å². The van der Waals surface area contributed by atoms with Crippen LogP contribution < -0.4 is 11.1 Å². The van der Waals surface area contributed by atoms with Crippen molar-refractivity contribution in [2.45, 2.75) is 25.3 Å². The van der Waals surface area contributed by atoms with Crippen LogP contribution in [-0.4, -0.2) is 40.4 Å². The van der Waals surface area contributed by atoms with Crippen molar-refractivity contribution in [1.82, 2.24) is 14.3 Å². The maximum Gasteiger partial charge on any atom is 0.147 e. The van der Waals surface area contributed by atoms with E-state index in [4.69, 9.17) is 5.73 Å². The third kappa shape index (κ3) is 3.16. The fraction of sp³-hybridized carbons (Fsp3) is 0.467. The molecule has 3 rings (SSSR count). The third-order valence-electron chi connectivity index (χ3n) is 4.11. The number of likely N-dealkylation sites (tertiary alicyclic amines) is 1. The number of nitrogens with one attached hydrogen (secondary N) is 1. The van der Waals surface area contributed by atoms with Crippen LogP contribution in [0.25, 0.3) is 11.1 Å². The van der Waals surface area contributed by atoms with E-state index in [-0.39, 0.29) is 0 Å². The summed E-state index contributed by atoms with van der Waals surface area (Å²) in [5.41, 5.74) is 8.10.